The van der Waals surface area contributed by atoms with Gasteiger partial charge in [0.1, 0.15) is 23.4 Å². The summed E-state index contributed by atoms with van der Waals surface area (Å²) < 4.78 is 48.0. The van der Waals surface area contributed by atoms with E-state index in [1.165, 1.54) is 40.5 Å². The zero-order chi connectivity index (χ0) is 23.2. The van der Waals surface area contributed by atoms with Crippen LogP contribution in [0, 0.1) is 5.82 Å². The van der Waals surface area contributed by atoms with E-state index in [9.17, 15) is 22.4 Å². The van der Waals surface area contributed by atoms with Gasteiger partial charge < -0.3 is 4.74 Å². The summed E-state index contributed by atoms with van der Waals surface area (Å²) in [5.41, 5.74) is 1.12. The smallest absolute Gasteiger partial charge is 0.324 e. The second-order valence-electron chi connectivity index (χ2n) is 8.19. The van der Waals surface area contributed by atoms with Crippen LogP contribution in [0.15, 0.2) is 40.0 Å². The van der Waals surface area contributed by atoms with Gasteiger partial charge in [0.2, 0.25) is 10.0 Å². The molecule has 0 amide bonds. The number of sulfonamides is 1. The number of nitrogens with zero attached hydrogens (tertiary/aromatic N) is 3. The topological polar surface area (TPSA) is 98.1 Å². The maximum Gasteiger partial charge on any atom is 0.324 e. The van der Waals surface area contributed by atoms with Crippen LogP contribution in [-0.4, -0.2) is 40.7 Å². The highest BCUT2D eigenvalue weighted by Gasteiger charge is 2.41. The van der Waals surface area contributed by atoms with Crippen LogP contribution in [0.5, 0.6) is 0 Å². The van der Waals surface area contributed by atoms with Crippen LogP contribution in [0.3, 0.4) is 0 Å². The van der Waals surface area contributed by atoms with Gasteiger partial charge in [-0.25, -0.2) is 17.8 Å². The van der Waals surface area contributed by atoms with Crippen LogP contribution in [0.1, 0.15) is 41.9 Å². The summed E-state index contributed by atoms with van der Waals surface area (Å²) in [6.07, 6.45) is 4.64. The molecule has 1 fully saturated rings. The number of ether oxygens (including phenoxy) is 1. The van der Waals surface area contributed by atoms with Crippen LogP contribution in [0.25, 0.3) is 4.96 Å². The third-order valence-electron chi connectivity index (χ3n) is 6.08. The Kier molecular flexibility index (Phi) is 5.79. The molecule has 0 unspecified atom stereocenters. The largest absolute Gasteiger partial charge is 0.458 e. The van der Waals surface area contributed by atoms with E-state index in [1.807, 2.05) is 0 Å². The summed E-state index contributed by atoms with van der Waals surface area (Å²) >= 11 is 1.48. The minimum Gasteiger partial charge on any atom is -0.458 e. The van der Waals surface area contributed by atoms with Crippen molar-refractivity contribution in [3.8, 4) is 0 Å². The van der Waals surface area contributed by atoms with Gasteiger partial charge in [0.15, 0.2) is 4.96 Å². The summed E-state index contributed by atoms with van der Waals surface area (Å²) in [4.78, 5) is 31.2. The molecule has 0 N–H and O–H groups in total. The number of aryl methyl sites for hydroxylation is 2. The first kappa shape index (κ1) is 22.2. The summed E-state index contributed by atoms with van der Waals surface area (Å²) in [5, 5.41) is 0. The van der Waals surface area contributed by atoms with E-state index in [2.05, 4.69) is 4.98 Å². The number of halogens is 1. The molecule has 0 radical (unpaired) electrons. The van der Waals surface area contributed by atoms with Gasteiger partial charge in [0.05, 0.1) is 5.69 Å². The van der Waals surface area contributed by atoms with Gasteiger partial charge in [-0.2, -0.15) is 4.31 Å². The standard InChI is InChI=1S/C22H22FN3O5S2/c23-15-6-1-4-10-19(15)33(29,30)25-11-5-8-17(25)21(28)31-13-14-12-20(27)26-16-7-2-3-9-18(16)32-22(26)24-14/h1,4,6,10,12,17H,2-3,5,7-9,11,13H2/t17-/m0/s1. The lowest BCUT2D eigenvalue weighted by Gasteiger charge is -2.22. The summed E-state index contributed by atoms with van der Waals surface area (Å²) in [7, 11) is -4.19. The molecule has 1 atom stereocenters. The van der Waals surface area contributed by atoms with Gasteiger partial charge in [-0.15, -0.1) is 11.3 Å². The Morgan fingerprint density at radius 3 is 2.82 bits per heavy atom. The average Bonchev–Trinajstić information content (AvgIpc) is 3.43. The van der Waals surface area contributed by atoms with Crippen LogP contribution < -0.4 is 5.56 Å². The fourth-order valence-corrected chi connectivity index (χ4v) is 7.45. The molecule has 0 bridgehead atoms. The van der Waals surface area contributed by atoms with Crippen molar-refractivity contribution in [3.63, 3.8) is 0 Å². The molecule has 0 spiro atoms. The van der Waals surface area contributed by atoms with Crippen molar-refractivity contribution in [2.24, 2.45) is 0 Å². The molecule has 3 aromatic rings. The number of rotatable bonds is 5. The molecule has 5 rings (SSSR count). The van der Waals surface area contributed by atoms with Crippen LogP contribution >= 0.6 is 11.3 Å². The first-order chi connectivity index (χ1) is 15.9. The Hall–Kier alpha value is -2.63. The molecule has 1 aliphatic carbocycles. The number of esters is 1. The molecular weight excluding hydrogens is 469 g/mol. The first-order valence-electron chi connectivity index (χ1n) is 10.8. The molecule has 0 saturated carbocycles. The van der Waals surface area contributed by atoms with E-state index in [4.69, 9.17) is 4.74 Å². The number of hydrogen-bond acceptors (Lipinski definition) is 7. The minimum absolute atomic E-state index is 0.0999. The SMILES string of the molecule is O=C(OCc1cc(=O)n2c3c(sc2n1)CCCC3)[C@@H]1CCCN1S(=O)(=O)c1ccccc1F. The molecule has 1 aliphatic heterocycles. The lowest BCUT2D eigenvalue weighted by atomic mass is 10.0. The first-order valence-corrected chi connectivity index (χ1v) is 13.1. The zero-order valence-electron chi connectivity index (χ0n) is 17.7. The molecule has 3 heterocycles. The molecule has 2 aromatic heterocycles. The van der Waals surface area contributed by atoms with Crippen LogP contribution in [0.4, 0.5) is 4.39 Å². The third kappa shape index (κ3) is 3.98. The lowest BCUT2D eigenvalue weighted by molar-refractivity contribution is -0.148. The van der Waals surface area contributed by atoms with E-state index >= 15 is 0 Å². The van der Waals surface area contributed by atoms with Crippen molar-refractivity contribution >= 4 is 32.3 Å². The van der Waals surface area contributed by atoms with Crippen molar-refractivity contribution in [1.29, 1.82) is 0 Å². The van der Waals surface area contributed by atoms with E-state index in [-0.39, 0.29) is 25.1 Å². The van der Waals surface area contributed by atoms with E-state index in [0.29, 0.717) is 17.1 Å². The molecule has 1 saturated heterocycles. The molecule has 8 nitrogen and oxygen atoms in total. The van der Waals surface area contributed by atoms with Gasteiger partial charge in [-0.05, 0) is 50.7 Å². The third-order valence-corrected chi connectivity index (χ3v) is 9.16. The van der Waals surface area contributed by atoms with E-state index in [1.54, 1.807) is 4.40 Å². The second-order valence-corrected chi connectivity index (χ2v) is 11.1. The maximum absolute atomic E-state index is 14.1. The van der Waals surface area contributed by atoms with Gasteiger partial charge >= 0.3 is 5.97 Å². The number of carbonyl (C=O) groups is 1. The molecule has 174 valence electrons. The molecular formula is C22H22FN3O5S2. The average molecular weight is 492 g/mol. The Morgan fingerprint density at radius 2 is 2.00 bits per heavy atom. The highest BCUT2D eigenvalue weighted by atomic mass is 32.2. The fraction of sp³-hybridized carbons (Fsp3) is 0.409. The highest BCUT2D eigenvalue weighted by molar-refractivity contribution is 7.89. The Morgan fingerprint density at radius 1 is 1.21 bits per heavy atom. The maximum atomic E-state index is 14.1. The predicted molar refractivity (Wildman–Crippen MR) is 119 cm³/mol. The van der Waals surface area contributed by atoms with Crippen molar-refractivity contribution in [3.05, 3.63) is 62.8 Å². The molecule has 11 heteroatoms. The number of aromatic nitrogens is 2. The fourth-order valence-electron chi connectivity index (χ4n) is 4.50. The molecule has 33 heavy (non-hydrogen) atoms. The van der Waals surface area contributed by atoms with E-state index < -0.39 is 32.7 Å². The Balaban J connectivity index is 1.34. The van der Waals surface area contributed by atoms with Crippen molar-refractivity contribution in [1.82, 2.24) is 13.7 Å². The Bertz CT molecular complexity index is 1400. The normalized spacial score (nSPS) is 19.0. The van der Waals surface area contributed by atoms with Crippen LogP contribution in [0.2, 0.25) is 0 Å². The van der Waals surface area contributed by atoms with Gasteiger partial charge in [0.25, 0.3) is 5.56 Å². The number of thiazole rings is 1. The molecule has 2 aliphatic rings. The molecule has 1 aromatic carbocycles. The quantitative estimate of drug-likeness (QED) is 0.509. The lowest BCUT2D eigenvalue weighted by Crippen LogP contribution is -2.41. The van der Waals surface area contributed by atoms with Gasteiger partial charge in [-0.1, -0.05) is 12.1 Å². The Labute approximate surface area is 193 Å². The van der Waals surface area contributed by atoms with Gasteiger partial charge in [-0.3, -0.25) is 14.0 Å². The number of fused-ring (bicyclic) bond motifs is 3. The summed E-state index contributed by atoms with van der Waals surface area (Å²) in [5.74, 6) is -1.60. The predicted octanol–water partition coefficient (Wildman–Crippen LogP) is 2.67. The number of hydrogen-bond donors (Lipinski definition) is 0. The summed E-state index contributed by atoms with van der Waals surface area (Å²) in [6.45, 7) is -0.139. The number of carbonyl (C=O) groups excluding carboxylic acids is 1. The van der Waals surface area contributed by atoms with Gasteiger partial charge in [0, 0.05) is 23.2 Å². The van der Waals surface area contributed by atoms with Crippen molar-refractivity contribution in [2.45, 2.75) is 56.1 Å². The van der Waals surface area contributed by atoms with Crippen molar-refractivity contribution < 1.29 is 22.3 Å². The minimum atomic E-state index is -4.19. The van der Waals surface area contributed by atoms with Crippen LogP contribution in [-0.2, 0) is 39.0 Å². The monoisotopic (exact) mass is 491 g/mol. The second kappa shape index (κ2) is 8.62. The summed E-state index contributed by atoms with van der Waals surface area (Å²) in [6, 6.07) is 5.39. The number of benzene rings is 1. The zero-order valence-corrected chi connectivity index (χ0v) is 19.3. The van der Waals surface area contributed by atoms with Crippen molar-refractivity contribution in [2.75, 3.05) is 6.54 Å². The van der Waals surface area contributed by atoms with E-state index in [0.717, 1.165) is 41.7 Å². The highest BCUT2D eigenvalue weighted by Crippen LogP contribution is 2.29.